The van der Waals surface area contributed by atoms with Gasteiger partial charge >= 0.3 is 6.03 Å². The van der Waals surface area contributed by atoms with E-state index in [0.29, 0.717) is 12.2 Å². The Labute approximate surface area is 62.8 Å². The van der Waals surface area contributed by atoms with Crippen molar-refractivity contribution < 1.29 is 9.59 Å². The van der Waals surface area contributed by atoms with Gasteiger partial charge in [0.15, 0.2) is 0 Å². The number of urea groups is 1. The summed E-state index contributed by atoms with van der Waals surface area (Å²) in [5, 5.41) is 7.60. The fraction of sp³-hybridized carbons (Fsp3) is 0.333. The minimum absolute atomic E-state index is 0.280. The second kappa shape index (κ2) is 2.06. The SMILES string of the molecule is O=C1NC(=O)C2NCC=C2N1. The van der Waals surface area contributed by atoms with Crippen LogP contribution in [0.3, 0.4) is 0 Å². The van der Waals surface area contributed by atoms with E-state index < -0.39 is 6.03 Å². The molecule has 5 nitrogen and oxygen atoms in total. The molecule has 2 aliphatic rings. The fourth-order valence-electron chi connectivity index (χ4n) is 1.22. The van der Waals surface area contributed by atoms with Crippen LogP contribution in [-0.2, 0) is 4.79 Å². The molecule has 1 fully saturated rings. The molecule has 0 aromatic heterocycles. The normalized spacial score (nSPS) is 28.7. The molecule has 58 valence electrons. The van der Waals surface area contributed by atoms with Crippen LogP contribution in [0.5, 0.6) is 0 Å². The smallest absolute Gasteiger partial charge is 0.310 e. The summed E-state index contributed by atoms with van der Waals surface area (Å²) in [6.45, 7) is 0.633. The molecule has 0 spiro atoms. The first-order chi connectivity index (χ1) is 5.27. The van der Waals surface area contributed by atoms with Crippen molar-refractivity contribution in [2.75, 3.05) is 6.54 Å². The molecular formula is C6H7N3O2. The van der Waals surface area contributed by atoms with Gasteiger partial charge in [-0.1, -0.05) is 0 Å². The molecule has 0 aliphatic carbocycles. The molecule has 2 aliphatic heterocycles. The van der Waals surface area contributed by atoms with Crippen molar-refractivity contribution >= 4 is 11.9 Å². The highest BCUT2D eigenvalue weighted by molar-refractivity contribution is 6.03. The predicted molar refractivity (Wildman–Crippen MR) is 36.5 cm³/mol. The average Bonchev–Trinajstić information content (AvgIpc) is 2.34. The number of amides is 3. The summed E-state index contributed by atoms with van der Waals surface area (Å²) >= 11 is 0. The molecule has 1 atom stereocenters. The van der Waals surface area contributed by atoms with Crippen LogP contribution in [0.25, 0.3) is 0 Å². The van der Waals surface area contributed by atoms with E-state index in [9.17, 15) is 9.59 Å². The molecule has 0 saturated carbocycles. The molecular weight excluding hydrogens is 146 g/mol. The highest BCUT2D eigenvalue weighted by atomic mass is 16.2. The maximum Gasteiger partial charge on any atom is 0.325 e. The van der Waals surface area contributed by atoms with Gasteiger partial charge in [-0.25, -0.2) is 4.79 Å². The van der Waals surface area contributed by atoms with E-state index in [2.05, 4.69) is 16.0 Å². The van der Waals surface area contributed by atoms with Crippen LogP contribution in [0, 0.1) is 0 Å². The molecule has 5 heteroatoms. The van der Waals surface area contributed by atoms with Gasteiger partial charge in [-0.3, -0.25) is 15.4 Å². The van der Waals surface area contributed by atoms with Gasteiger partial charge in [0.25, 0.3) is 5.91 Å². The third kappa shape index (κ3) is 0.894. The zero-order valence-electron chi connectivity index (χ0n) is 5.68. The van der Waals surface area contributed by atoms with Gasteiger partial charge in [-0.2, -0.15) is 0 Å². The Hall–Kier alpha value is -1.36. The lowest BCUT2D eigenvalue weighted by molar-refractivity contribution is -0.121. The van der Waals surface area contributed by atoms with Gasteiger partial charge in [0.05, 0.1) is 0 Å². The number of fused-ring (bicyclic) bond motifs is 1. The molecule has 0 aromatic rings. The van der Waals surface area contributed by atoms with Crippen molar-refractivity contribution in [3.05, 3.63) is 11.8 Å². The number of carbonyl (C=O) groups excluding carboxylic acids is 2. The standard InChI is InChI=1S/C6H7N3O2/c10-5-4-3(1-2-7-4)8-6(11)9-5/h1,4,7H,2H2,(H2,8,9,10,11). The van der Waals surface area contributed by atoms with Gasteiger partial charge in [0, 0.05) is 12.2 Å². The Morgan fingerprint density at radius 3 is 3.00 bits per heavy atom. The van der Waals surface area contributed by atoms with Crippen LogP contribution < -0.4 is 16.0 Å². The average molecular weight is 153 g/mol. The van der Waals surface area contributed by atoms with Crippen LogP contribution in [0.15, 0.2) is 11.8 Å². The molecule has 2 rings (SSSR count). The largest absolute Gasteiger partial charge is 0.325 e. The van der Waals surface area contributed by atoms with Crippen LogP contribution >= 0.6 is 0 Å². The van der Waals surface area contributed by atoms with Gasteiger partial charge in [0.1, 0.15) is 6.04 Å². The lowest BCUT2D eigenvalue weighted by Gasteiger charge is -2.20. The number of hydrogen-bond donors (Lipinski definition) is 3. The highest BCUT2D eigenvalue weighted by Crippen LogP contribution is 2.08. The van der Waals surface area contributed by atoms with Crippen molar-refractivity contribution in [2.24, 2.45) is 0 Å². The quantitative estimate of drug-likeness (QED) is 0.404. The van der Waals surface area contributed by atoms with Gasteiger partial charge in [-0.15, -0.1) is 0 Å². The lowest BCUT2D eigenvalue weighted by atomic mass is 10.2. The third-order valence-corrected chi connectivity index (χ3v) is 1.71. The lowest BCUT2D eigenvalue weighted by Crippen LogP contribution is -2.56. The van der Waals surface area contributed by atoms with Crippen LogP contribution in [0.1, 0.15) is 0 Å². The van der Waals surface area contributed by atoms with Crippen LogP contribution in [-0.4, -0.2) is 24.5 Å². The van der Waals surface area contributed by atoms with Gasteiger partial charge < -0.3 is 5.32 Å². The van der Waals surface area contributed by atoms with Crippen molar-refractivity contribution in [3.8, 4) is 0 Å². The summed E-state index contributed by atoms with van der Waals surface area (Å²) in [6.07, 6.45) is 1.79. The molecule has 1 unspecified atom stereocenters. The second-order valence-electron chi connectivity index (χ2n) is 2.44. The molecule has 0 radical (unpaired) electrons. The van der Waals surface area contributed by atoms with Crippen LogP contribution in [0.4, 0.5) is 4.79 Å². The van der Waals surface area contributed by atoms with E-state index in [4.69, 9.17) is 0 Å². The van der Waals surface area contributed by atoms with Crippen molar-refractivity contribution in [1.29, 1.82) is 0 Å². The topological polar surface area (TPSA) is 70.2 Å². The molecule has 3 amide bonds. The minimum atomic E-state index is -0.443. The zero-order chi connectivity index (χ0) is 7.84. The maximum absolute atomic E-state index is 11.0. The predicted octanol–water partition coefficient (Wildman–Crippen LogP) is -1.32. The minimum Gasteiger partial charge on any atom is -0.310 e. The van der Waals surface area contributed by atoms with Crippen molar-refractivity contribution in [3.63, 3.8) is 0 Å². The monoisotopic (exact) mass is 153 g/mol. The van der Waals surface area contributed by atoms with E-state index in [0.717, 1.165) is 0 Å². The van der Waals surface area contributed by atoms with Gasteiger partial charge in [0.2, 0.25) is 0 Å². The number of carbonyl (C=O) groups is 2. The summed E-state index contributed by atoms with van der Waals surface area (Å²) in [4.78, 5) is 21.7. The van der Waals surface area contributed by atoms with Crippen LogP contribution in [0.2, 0.25) is 0 Å². The molecule has 0 bridgehead atoms. The maximum atomic E-state index is 11.0. The van der Waals surface area contributed by atoms with E-state index in [1.165, 1.54) is 0 Å². The molecule has 1 saturated heterocycles. The Morgan fingerprint density at radius 2 is 2.18 bits per heavy atom. The number of rotatable bonds is 0. The number of imide groups is 1. The Balaban J connectivity index is 2.26. The number of hydrogen-bond acceptors (Lipinski definition) is 3. The third-order valence-electron chi connectivity index (χ3n) is 1.71. The molecule has 11 heavy (non-hydrogen) atoms. The highest BCUT2D eigenvalue weighted by Gasteiger charge is 2.32. The van der Waals surface area contributed by atoms with E-state index in [1.54, 1.807) is 6.08 Å². The second-order valence-corrected chi connectivity index (χ2v) is 2.44. The zero-order valence-corrected chi connectivity index (χ0v) is 5.68. The first-order valence-electron chi connectivity index (χ1n) is 3.32. The summed E-state index contributed by atoms with van der Waals surface area (Å²) in [5.74, 6) is -0.280. The van der Waals surface area contributed by atoms with E-state index >= 15 is 0 Å². The molecule has 2 heterocycles. The molecule has 3 N–H and O–H groups in total. The fourth-order valence-corrected chi connectivity index (χ4v) is 1.22. The van der Waals surface area contributed by atoms with Crippen molar-refractivity contribution in [1.82, 2.24) is 16.0 Å². The van der Waals surface area contributed by atoms with E-state index in [-0.39, 0.29) is 11.9 Å². The summed E-state index contributed by atoms with van der Waals surface area (Å²) in [5.41, 5.74) is 0.666. The summed E-state index contributed by atoms with van der Waals surface area (Å²) in [7, 11) is 0. The van der Waals surface area contributed by atoms with Gasteiger partial charge in [-0.05, 0) is 6.08 Å². The number of nitrogens with one attached hydrogen (secondary N) is 3. The Kier molecular flexibility index (Phi) is 1.19. The first kappa shape index (κ1) is 6.36. The van der Waals surface area contributed by atoms with E-state index in [1.807, 2.05) is 0 Å². The molecule has 0 aromatic carbocycles. The first-order valence-corrected chi connectivity index (χ1v) is 3.32. The Bertz CT molecular complexity index is 259. The summed E-state index contributed by atoms with van der Waals surface area (Å²) < 4.78 is 0. The Morgan fingerprint density at radius 1 is 1.36 bits per heavy atom. The van der Waals surface area contributed by atoms with Crippen molar-refractivity contribution in [2.45, 2.75) is 6.04 Å². The summed E-state index contributed by atoms with van der Waals surface area (Å²) in [6, 6.07) is -0.797.